The number of unbranched alkanes of at least 4 members (excludes halogenated alkanes) is 3. The van der Waals surface area contributed by atoms with Crippen molar-refractivity contribution < 1.29 is 9.53 Å². The highest BCUT2D eigenvalue weighted by Crippen LogP contribution is 2.34. The lowest BCUT2D eigenvalue weighted by atomic mass is 9.93. The average molecular weight is 232 g/mol. The number of fused-ring (bicyclic) bond motifs is 1. The molecule has 1 unspecified atom stereocenters. The third kappa shape index (κ3) is 2.87. The van der Waals surface area contributed by atoms with Crippen LogP contribution in [0.2, 0.25) is 0 Å². The Morgan fingerprint density at radius 3 is 2.94 bits per heavy atom. The van der Waals surface area contributed by atoms with Gasteiger partial charge in [-0.2, -0.15) is 0 Å². The number of carbonyl (C=O) groups is 1. The lowest BCUT2D eigenvalue weighted by molar-refractivity contribution is -0.120. The predicted molar refractivity (Wildman–Crippen MR) is 68.4 cm³/mol. The zero-order valence-corrected chi connectivity index (χ0v) is 10.4. The van der Waals surface area contributed by atoms with Gasteiger partial charge in [0.15, 0.2) is 0 Å². The Kier molecular flexibility index (Phi) is 4.18. The molecule has 0 N–H and O–H groups in total. The van der Waals surface area contributed by atoms with Gasteiger partial charge in [-0.15, -0.1) is 0 Å². The number of benzene rings is 1. The molecular formula is C15H20O2. The van der Waals surface area contributed by atoms with Crippen LogP contribution in [-0.4, -0.2) is 12.4 Å². The predicted octanol–water partition coefficient (Wildman–Crippen LogP) is 3.70. The summed E-state index contributed by atoms with van der Waals surface area (Å²) in [5, 5.41) is 0. The van der Waals surface area contributed by atoms with Gasteiger partial charge in [0.2, 0.25) is 0 Å². The van der Waals surface area contributed by atoms with Crippen molar-refractivity contribution in [3.63, 3.8) is 0 Å². The van der Waals surface area contributed by atoms with E-state index >= 15 is 0 Å². The van der Waals surface area contributed by atoms with Crippen molar-refractivity contribution in [3.8, 4) is 5.75 Å². The number of ether oxygens (including phenoxy) is 1. The molecule has 2 rings (SSSR count). The molecule has 1 heterocycles. The van der Waals surface area contributed by atoms with Gasteiger partial charge in [0, 0.05) is 12.0 Å². The largest absolute Gasteiger partial charge is 0.492 e. The molecule has 0 aromatic heterocycles. The highest BCUT2D eigenvalue weighted by Gasteiger charge is 2.28. The molecule has 1 aliphatic heterocycles. The maximum atomic E-state index is 12.1. The summed E-state index contributed by atoms with van der Waals surface area (Å²) in [5.74, 6) is 1.21. The summed E-state index contributed by atoms with van der Waals surface area (Å²) in [6.07, 6.45) is 5.32. The smallest absolute Gasteiger partial charge is 0.143 e. The van der Waals surface area contributed by atoms with Gasteiger partial charge in [0.1, 0.15) is 18.1 Å². The molecule has 92 valence electrons. The number of para-hydroxylation sites is 1. The summed E-state index contributed by atoms with van der Waals surface area (Å²) in [7, 11) is 0. The van der Waals surface area contributed by atoms with Crippen LogP contribution in [0.5, 0.6) is 5.75 Å². The first-order valence-corrected chi connectivity index (χ1v) is 6.57. The van der Waals surface area contributed by atoms with Crippen LogP contribution in [-0.2, 0) is 4.79 Å². The standard InChI is InChI=1S/C15H20O2/c1-2-3-4-5-9-14(16)13-11-17-15-10-7-6-8-12(13)15/h6-8,10,13H,2-5,9,11H2,1H3. The maximum Gasteiger partial charge on any atom is 0.143 e. The van der Waals surface area contributed by atoms with E-state index in [-0.39, 0.29) is 5.92 Å². The number of Topliss-reactive ketones (excluding diaryl/α,β-unsaturated/α-hetero) is 1. The number of ketones is 1. The fourth-order valence-electron chi connectivity index (χ4n) is 2.33. The van der Waals surface area contributed by atoms with E-state index in [2.05, 4.69) is 6.92 Å². The van der Waals surface area contributed by atoms with Gasteiger partial charge in [-0.3, -0.25) is 4.79 Å². The summed E-state index contributed by atoms with van der Waals surface area (Å²) >= 11 is 0. The van der Waals surface area contributed by atoms with E-state index in [1.807, 2.05) is 24.3 Å². The molecule has 1 aromatic rings. The van der Waals surface area contributed by atoms with Crippen molar-refractivity contribution in [2.24, 2.45) is 0 Å². The molecule has 0 amide bonds. The second kappa shape index (κ2) is 5.85. The van der Waals surface area contributed by atoms with Gasteiger partial charge in [-0.1, -0.05) is 44.4 Å². The molecular weight excluding hydrogens is 212 g/mol. The van der Waals surface area contributed by atoms with E-state index in [4.69, 9.17) is 4.74 Å². The topological polar surface area (TPSA) is 26.3 Å². The monoisotopic (exact) mass is 232 g/mol. The Bertz CT molecular complexity index is 384. The minimum absolute atomic E-state index is 0.0205. The molecule has 1 atom stereocenters. The first-order valence-electron chi connectivity index (χ1n) is 6.57. The third-order valence-corrected chi connectivity index (χ3v) is 3.37. The molecule has 2 heteroatoms. The van der Waals surface area contributed by atoms with Crippen LogP contribution < -0.4 is 4.74 Å². The molecule has 0 fully saturated rings. The SMILES string of the molecule is CCCCCCC(=O)C1COc2ccccc21. The molecule has 0 spiro atoms. The van der Waals surface area contributed by atoms with Gasteiger partial charge in [0.25, 0.3) is 0 Å². The van der Waals surface area contributed by atoms with E-state index in [0.29, 0.717) is 18.8 Å². The van der Waals surface area contributed by atoms with Crippen LogP contribution in [0.3, 0.4) is 0 Å². The fraction of sp³-hybridized carbons (Fsp3) is 0.533. The van der Waals surface area contributed by atoms with Crippen molar-refractivity contribution >= 4 is 5.78 Å². The number of hydrogen-bond acceptors (Lipinski definition) is 2. The zero-order chi connectivity index (χ0) is 12.1. The molecule has 17 heavy (non-hydrogen) atoms. The van der Waals surface area contributed by atoms with Gasteiger partial charge >= 0.3 is 0 Å². The summed E-state index contributed by atoms with van der Waals surface area (Å²) in [6.45, 7) is 2.72. The molecule has 2 nitrogen and oxygen atoms in total. The molecule has 0 saturated carbocycles. The van der Waals surface area contributed by atoms with E-state index in [1.165, 1.54) is 12.8 Å². The van der Waals surface area contributed by atoms with Gasteiger partial charge in [-0.25, -0.2) is 0 Å². The lowest BCUT2D eigenvalue weighted by Crippen LogP contribution is -2.13. The van der Waals surface area contributed by atoms with Gasteiger partial charge in [-0.05, 0) is 12.5 Å². The van der Waals surface area contributed by atoms with E-state index in [0.717, 1.165) is 24.2 Å². The maximum absolute atomic E-state index is 12.1. The summed E-state index contributed by atoms with van der Waals surface area (Å²) in [5.41, 5.74) is 1.08. The zero-order valence-electron chi connectivity index (χ0n) is 10.4. The molecule has 1 aromatic carbocycles. The quantitative estimate of drug-likeness (QED) is 0.699. The average Bonchev–Trinajstić information content (AvgIpc) is 2.78. The van der Waals surface area contributed by atoms with Crippen molar-refractivity contribution in [2.75, 3.05) is 6.61 Å². The second-order valence-corrected chi connectivity index (χ2v) is 4.68. The molecule has 0 saturated heterocycles. The summed E-state index contributed by atoms with van der Waals surface area (Å²) in [6, 6.07) is 7.88. The van der Waals surface area contributed by atoms with Gasteiger partial charge in [0.05, 0.1) is 5.92 Å². The van der Waals surface area contributed by atoms with Crippen molar-refractivity contribution in [1.29, 1.82) is 0 Å². The van der Waals surface area contributed by atoms with Crippen LogP contribution in [0.25, 0.3) is 0 Å². The minimum Gasteiger partial charge on any atom is -0.492 e. The Labute approximate surface area is 103 Å². The highest BCUT2D eigenvalue weighted by molar-refractivity contribution is 5.87. The number of carbonyl (C=O) groups excluding carboxylic acids is 1. The number of rotatable bonds is 6. The third-order valence-electron chi connectivity index (χ3n) is 3.37. The van der Waals surface area contributed by atoms with Crippen LogP contribution in [0.4, 0.5) is 0 Å². The van der Waals surface area contributed by atoms with Crippen LogP contribution >= 0.6 is 0 Å². The Morgan fingerprint density at radius 1 is 1.29 bits per heavy atom. The van der Waals surface area contributed by atoms with Gasteiger partial charge < -0.3 is 4.74 Å². The molecule has 0 radical (unpaired) electrons. The van der Waals surface area contributed by atoms with Crippen LogP contribution in [0.1, 0.15) is 50.5 Å². The summed E-state index contributed by atoms with van der Waals surface area (Å²) < 4.78 is 5.54. The van der Waals surface area contributed by atoms with Crippen molar-refractivity contribution in [2.45, 2.75) is 44.9 Å². The Balaban J connectivity index is 1.89. The van der Waals surface area contributed by atoms with E-state index in [9.17, 15) is 4.79 Å². The van der Waals surface area contributed by atoms with E-state index in [1.54, 1.807) is 0 Å². The van der Waals surface area contributed by atoms with E-state index < -0.39 is 0 Å². The summed E-state index contributed by atoms with van der Waals surface area (Å²) in [4.78, 5) is 12.1. The van der Waals surface area contributed by atoms with Crippen LogP contribution in [0.15, 0.2) is 24.3 Å². The lowest BCUT2D eigenvalue weighted by Gasteiger charge is -2.07. The Morgan fingerprint density at radius 2 is 2.12 bits per heavy atom. The molecule has 0 aliphatic carbocycles. The first kappa shape index (κ1) is 12.2. The molecule has 0 bridgehead atoms. The normalized spacial score (nSPS) is 17.6. The highest BCUT2D eigenvalue weighted by atomic mass is 16.5. The first-order chi connectivity index (χ1) is 8.33. The second-order valence-electron chi connectivity index (χ2n) is 4.68. The molecule has 1 aliphatic rings. The van der Waals surface area contributed by atoms with Crippen molar-refractivity contribution in [1.82, 2.24) is 0 Å². The minimum atomic E-state index is -0.0205. The Hall–Kier alpha value is -1.31. The fourth-order valence-corrected chi connectivity index (χ4v) is 2.33. The number of hydrogen-bond donors (Lipinski definition) is 0. The van der Waals surface area contributed by atoms with Crippen LogP contribution in [0, 0.1) is 0 Å². The van der Waals surface area contributed by atoms with Crippen molar-refractivity contribution in [3.05, 3.63) is 29.8 Å².